The Bertz CT molecular complexity index is 982. The third kappa shape index (κ3) is 3.33. The van der Waals surface area contributed by atoms with Gasteiger partial charge in [-0.15, -0.1) is 0 Å². The van der Waals surface area contributed by atoms with E-state index in [9.17, 15) is 8.42 Å². The number of hydrogen-bond donors (Lipinski definition) is 2. The molecule has 0 amide bonds. The Kier molecular flexibility index (Phi) is 3.89. The lowest BCUT2D eigenvalue weighted by atomic mass is 10.3. The molecule has 0 aliphatic heterocycles. The molecule has 0 radical (unpaired) electrons. The van der Waals surface area contributed by atoms with Gasteiger partial charge in [-0.1, -0.05) is 5.16 Å². The molecule has 3 aromatic rings. The number of hydrogen-bond acceptors (Lipinski definition) is 9. The third-order valence-corrected chi connectivity index (χ3v) is 4.24. The number of nitrogens with one attached hydrogen (secondary N) is 1. The number of aryl methyl sites for hydroxylation is 1. The van der Waals surface area contributed by atoms with Crippen LogP contribution in [0.3, 0.4) is 0 Å². The molecule has 3 rings (SSSR count). The minimum atomic E-state index is -3.24. The zero-order chi connectivity index (χ0) is 17.3. The minimum absolute atomic E-state index is 0.184. The van der Waals surface area contributed by atoms with Crippen molar-refractivity contribution in [2.24, 2.45) is 0 Å². The predicted molar refractivity (Wildman–Crippen MR) is 87.3 cm³/mol. The molecule has 1 aromatic carbocycles. The van der Waals surface area contributed by atoms with Gasteiger partial charge in [0.05, 0.1) is 4.90 Å². The fourth-order valence-corrected chi connectivity index (χ4v) is 2.57. The summed E-state index contributed by atoms with van der Waals surface area (Å²) in [6, 6.07) is 6.23. The third-order valence-electron chi connectivity index (χ3n) is 3.11. The smallest absolute Gasteiger partial charge is 0.263 e. The van der Waals surface area contributed by atoms with E-state index in [1.807, 2.05) is 0 Å². The van der Waals surface area contributed by atoms with Gasteiger partial charge in [-0.3, -0.25) is 0 Å². The van der Waals surface area contributed by atoms with E-state index in [1.165, 1.54) is 18.3 Å². The average molecular weight is 346 g/mol. The molecule has 0 aliphatic rings. The highest BCUT2D eigenvalue weighted by Crippen LogP contribution is 2.24. The number of benzene rings is 1. The molecule has 0 unspecified atom stereocenters. The van der Waals surface area contributed by atoms with E-state index in [0.29, 0.717) is 17.1 Å². The van der Waals surface area contributed by atoms with Gasteiger partial charge in [-0.05, 0) is 31.2 Å². The molecular formula is C14H14N6O3S. The molecule has 0 spiro atoms. The molecule has 0 fully saturated rings. The van der Waals surface area contributed by atoms with Crippen LogP contribution in [0.5, 0.6) is 0 Å². The first-order valence-electron chi connectivity index (χ1n) is 6.83. The molecule has 0 aliphatic carbocycles. The van der Waals surface area contributed by atoms with Crippen LogP contribution in [0.25, 0.3) is 11.5 Å². The second-order valence-corrected chi connectivity index (χ2v) is 7.08. The molecule has 24 heavy (non-hydrogen) atoms. The van der Waals surface area contributed by atoms with Gasteiger partial charge in [0.25, 0.3) is 5.89 Å². The summed E-state index contributed by atoms with van der Waals surface area (Å²) in [5.41, 5.74) is 6.97. The van der Waals surface area contributed by atoms with Crippen molar-refractivity contribution in [3.63, 3.8) is 0 Å². The maximum Gasteiger partial charge on any atom is 0.263 e. The van der Waals surface area contributed by atoms with E-state index in [0.717, 1.165) is 6.26 Å². The van der Waals surface area contributed by atoms with Crippen LogP contribution >= 0.6 is 0 Å². The van der Waals surface area contributed by atoms with Crippen LogP contribution in [0.4, 0.5) is 17.5 Å². The maximum atomic E-state index is 11.4. The normalized spacial score (nSPS) is 11.4. The summed E-state index contributed by atoms with van der Waals surface area (Å²) in [4.78, 5) is 12.6. The van der Waals surface area contributed by atoms with Crippen molar-refractivity contribution in [3.8, 4) is 11.5 Å². The van der Waals surface area contributed by atoms with Crippen molar-refractivity contribution >= 4 is 27.3 Å². The van der Waals surface area contributed by atoms with Crippen LogP contribution in [0.2, 0.25) is 0 Å². The monoisotopic (exact) mass is 346 g/mol. The number of nitrogens with zero attached hydrogens (tertiary/aromatic N) is 4. The molecule has 9 nitrogen and oxygen atoms in total. The second kappa shape index (κ2) is 5.89. The first kappa shape index (κ1) is 15.9. The van der Waals surface area contributed by atoms with E-state index in [1.54, 1.807) is 19.1 Å². The van der Waals surface area contributed by atoms with Gasteiger partial charge in [0.1, 0.15) is 11.4 Å². The lowest BCUT2D eigenvalue weighted by Crippen LogP contribution is -2.02. The van der Waals surface area contributed by atoms with Crippen molar-refractivity contribution < 1.29 is 12.9 Å². The summed E-state index contributed by atoms with van der Waals surface area (Å²) < 4.78 is 27.9. The number of nitrogens with two attached hydrogens (primary N) is 1. The summed E-state index contributed by atoms with van der Waals surface area (Å²) in [5.74, 6) is 1.18. The summed E-state index contributed by atoms with van der Waals surface area (Å²) in [6.07, 6.45) is 2.62. The molecule has 3 N–H and O–H groups in total. The number of aromatic nitrogens is 4. The van der Waals surface area contributed by atoms with E-state index >= 15 is 0 Å². The van der Waals surface area contributed by atoms with E-state index < -0.39 is 9.84 Å². The van der Waals surface area contributed by atoms with Crippen LogP contribution in [-0.4, -0.2) is 34.8 Å². The number of nitrogen functional groups attached to an aromatic ring is 1. The summed E-state index contributed by atoms with van der Waals surface area (Å²) >= 11 is 0. The first-order chi connectivity index (χ1) is 11.3. The van der Waals surface area contributed by atoms with E-state index in [4.69, 9.17) is 10.3 Å². The minimum Gasteiger partial charge on any atom is -0.383 e. The quantitative estimate of drug-likeness (QED) is 0.720. The topological polar surface area (TPSA) is 137 Å². The van der Waals surface area contributed by atoms with Gasteiger partial charge in [-0.25, -0.2) is 13.4 Å². The van der Waals surface area contributed by atoms with Crippen LogP contribution in [0.1, 0.15) is 5.82 Å². The SMILES string of the molecule is Cc1noc(-c2cnc(Nc3ccc(S(C)(=O)=O)cc3)nc2N)n1. The molecule has 0 bridgehead atoms. The Morgan fingerprint density at radius 1 is 1.17 bits per heavy atom. The van der Waals surface area contributed by atoms with E-state index in [2.05, 4.69) is 25.4 Å². The average Bonchev–Trinajstić information content (AvgIpc) is 2.93. The largest absolute Gasteiger partial charge is 0.383 e. The Labute approximate surface area is 137 Å². The predicted octanol–water partition coefficient (Wildman–Crippen LogP) is 1.56. The van der Waals surface area contributed by atoms with E-state index in [-0.39, 0.29) is 22.6 Å². The highest BCUT2D eigenvalue weighted by atomic mass is 32.2. The molecule has 2 aromatic heterocycles. The molecule has 2 heterocycles. The Balaban J connectivity index is 1.82. The zero-order valence-electron chi connectivity index (χ0n) is 12.9. The summed E-state index contributed by atoms with van der Waals surface area (Å²) in [6.45, 7) is 1.69. The van der Waals surface area contributed by atoms with Crippen LogP contribution in [0.15, 0.2) is 39.9 Å². The van der Waals surface area contributed by atoms with Crippen LogP contribution in [-0.2, 0) is 9.84 Å². The van der Waals surface area contributed by atoms with Gasteiger partial charge in [-0.2, -0.15) is 9.97 Å². The standard InChI is InChI=1S/C14H14N6O3S/c1-8-17-13(23-20-8)11-7-16-14(19-12(11)15)18-9-3-5-10(6-4-9)24(2,21)22/h3-7H,1-2H3,(H3,15,16,18,19). The van der Waals surface area contributed by atoms with Gasteiger partial charge in [0.2, 0.25) is 5.95 Å². The molecule has 0 atom stereocenters. The van der Waals surface area contributed by atoms with Crippen LogP contribution in [0, 0.1) is 6.92 Å². The van der Waals surface area contributed by atoms with Gasteiger partial charge < -0.3 is 15.6 Å². The molecule has 124 valence electrons. The van der Waals surface area contributed by atoms with Gasteiger partial charge in [0.15, 0.2) is 15.7 Å². The second-order valence-electron chi connectivity index (χ2n) is 5.06. The van der Waals surface area contributed by atoms with Crippen molar-refractivity contribution in [1.29, 1.82) is 0 Å². The lowest BCUT2D eigenvalue weighted by molar-refractivity contribution is 0.425. The van der Waals surface area contributed by atoms with Crippen molar-refractivity contribution in [2.75, 3.05) is 17.3 Å². The highest BCUT2D eigenvalue weighted by Gasteiger charge is 2.13. The zero-order valence-corrected chi connectivity index (χ0v) is 13.7. The lowest BCUT2D eigenvalue weighted by Gasteiger charge is -2.07. The van der Waals surface area contributed by atoms with Gasteiger partial charge >= 0.3 is 0 Å². The van der Waals surface area contributed by atoms with Gasteiger partial charge in [0, 0.05) is 18.1 Å². The van der Waals surface area contributed by atoms with Crippen LogP contribution < -0.4 is 11.1 Å². The van der Waals surface area contributed by atoms with Crippen molar-refractivity contribution in [2.45, 2.75) is 11.8 Å². The molecule has 0 saturated heterocycles. The first-order valence-corrected chi connectivity index (χ1v) is 8.72. The highest BCUT2D eigenvalue weighted by molar-refractivity contribution is 7.90. The van der Waals surface area contributed by atoms with Crippen molar-refractivity contribution in [1.82, 2.24) is 20.1 Å². The Morgan fingerprint density at radius 2 is 1.88 bits per heavy atom. The number of sulfone groups is 1. The Morgan fingerprint density at radius 3 is 2.42 bits per heavy atom. The maximum absolute atomic E-state index is 11.4. The molecule has 10 heteroatoms. The Hall–Kier alpha value is -3.01. The number of rotatable bonds is 4. The molecular weight excluding hydrogens is 332 g/mol. The fourth-order valence-electron chi connectivity index (χ4n) is 1.94. The fraction of sp³-hybridized carbons (Fsp3) is 0.143. The number of anilines is 3. The summed E-state index contributed by atoms with van der Waals surface area (Å²) in [7, 11) is -3.24. The summed E-state index contributed by atoms with van der Waals surface area (Å²) in [5, 5.41) is 6.63. The van der Waals surface area contributed by atoms with Crippen molar-refractivity contribution in [3.05, 3.63) is 36.3 Å². The molecule has 0 saturated carbocycles.